The Balaban J connectivity index is 1.86. The van der Waals surface area contributed by atoms with Crippen molar-refractivity contribution >= 4 is 28.3 Å². The normalized spacial score (nSPS) is 20.7. The van der Waals surface area contributed by atoms with Crippen LogP contribution in [0.25, 0.3) is 22.4 Å². The van der Waals surface area contributed by atoms with E-state index in [9.17, 15) is 5.11 Å². The maximum atomic E-state index is 9.98. The predicted molar refractivity (Wildman–Crippen MR) is 100 cm³/mol. The Labute approximate surface area is 156 Å². The summed E-state index contributed by atoms with van der Waals surface area (Å²) in [5.41, 5.74) is 3.35. The van der Waals surface area contributed by atoms with E-state index in [4.69, 9.17) is 20.9 Å². The number of hydrogen-bond acceptors (Lipinski definition) is 6. The van der Waals surface area contributed by atoms with Crippen molar-refractivity contribution in [2.75, 3.05) is 18.0 Å². The molecule has 0 aliphatic carbocycles. The number of aliphatic hydroxyl groups is 1. The van der Waals surface area contributed by atoms with E-state index >= 15 is 0 Å². The minimum absolute atomic E-state index is 0.0795. The molecular formula is C19H20ClN3O3. The van der Waals surface area contributed by atoms with E-state index in [1.54, 1.807) is 6.20 Å². The first-order valence-electron chi connectivity index (χ1n) is 8.62. The Kier molecular flexibility index (Phi) is 4.56. The largest absolute Gasteiger partial charge is 0.392 e. The molecule has 2 unspecified atom stereocenters. The van der Waals surface area contributed by atoms with Crippen LogP contribution in [0.2, 0.25) is 5.02 Å². The van der Waals surface area contributed by atoms with E-state index in [0.717, 1.165) is 16.6 Å². The molecule has 1 fully saturated rings. The number of aromatic nitrogens is 2. The third kappa shape index (κ3) is 2.94. The van der Waals surface area contributed by atoms with Crippen LogP contribution in [-0.4, -0.2) is 40.5 Å². The van der Waals surface area contributed by atoms with Crippen molar-refractivity contribution in [3.05, 3.63) is 41.0 Å². The molecule has 4 rings (SSSR count). The summed E-state index contributed by atoms with van der Waals surface area (Å²) >= 11 is 6.71. The van der Waals surface area contributed by atoms with Crippen LogP contribution < -0.4 is 4.90 Å². The minimum Gasteiger partial charge on any atom is -0.392 e. The van der Waals surface area contributed by atoms with Gasteiger partial charge in [0, 0.05) is 24.8 Å². The standard InChI is InChI=1S/C19H20ClN3O3/c1-11-8-23(9-12(2)25-11)18-13(10-24)7-14-17(15-5-3-4-6-21-15)22-26-19(14)16(18)20/h3-7,11-12,24H,8-10H2,1-2H3. The summed E-state index contributed by atoms with van der Waals surface area (Å²) in [4.78, 5) is 6.48. The lowest BCUT2D eigenvalue weighted by Crippen LogP contribution is -2.46. The molecule has 0 saturated carbocycles. The van der Waals surface area contributed by atoms with Gasteiger partial charge in [0.15, 0.2) is 5.58 Å². The number of pyridine rings is 1. The summed E-state index contributed by atoms with van der Waals surface area (Å²) in [6.45, 7) is 5.33. The molecule has 26 heavy (non-hydrogen) atoms. The number of benzene rings is 1. The Morgan fingerprint density at radius 1 is 1.27 bits per heavy atom. The van der Waals surface area contributed by atoms with E-state index in [1.807, 2.05) is 38.1 Å². The molecule has 1 aliphatic rings. The van der Waals surface area contributed by atoms with Gasteiger partial charge in [-0.2, -0.15) is 0 Å². The number of nitrogens with zero attached hydrogens (tertiary/aromatic N) is 3. The predicted octanol–water partition coefficient (Wildman–Crippen LogP) is 3.65. The molecule has 3 aromatic rings. The summed E-state index contributed by atoms with van der Waals surface area (Å²) in [6, 6.07) is 7.49. The zero-order valence-electron chi connectivity index (χ0n) is 14.6. The van der Waals surface area contributed by atoms with Crippen molar-refractivity contribution in [1.82, 2.24) is 10.1 Å². The van der Waals surface area contributed by atoms with Crippen molar-refractivity contribution in [3.8, 4) is 11.4 Å². The second kappa shape index (κ2) is 6.87. The topological polar surface area (TPSA) is 71.6 Å². The second-order valence-corrected chi connectivity index (χ2v) is 7.02. The molecule has 0 amide bonds. The maximum absolute atomic E-state index is 9.98. The SMILES string of the molecule is CC1CN(c2c(CO)cc3c(-c4ccccn4)noc3c2Cl)CC(C)O1. The molecule has 6 nitrogen and oxygen atoms in total. The number of anilines is 1. The van der Waals surface area contributed by atoms with Gasteiger partial charge < -0.3 is 19.3 Å². The molecule has 3 heterocycles. The summed E-state index contributed by atoms with van der Waals surface area (Å²) in [5, 5.41) is 15.4. The van der Waals surface area contributed by atoms with Crippen LogP contribution >= 0.6 is 11.6 Å². The average Bonchev–Trinajstić information content (AvgIpc) is 3.05. The van der Waals surface area contributed by atoms with Crippen LogP contribution in [0.1, 0.15) is 19.4 Å². The van der Waals surface area contributed by atoms with E-state index < -0.39 is 0 Å². The second-order valence-electron chi connectivity index (χ2n) is 6.64. The van der Waals surface area contributed by atoms with Crippen LogP contribution in [0.5, 0.6) is 0 Å². The monoisotopic (exact) mass is 373 g/mol. The molecule has 1 aliphatic heterocycles. The number of halogens is 1. The first kappa shape index (κ1) is 17.3. The maximum Gasteiger partial charge on any atom is 0.188 e. The third-order valence-corrected chi connectivity index (χ3v) is 4.92. The van der Waals surface area contributed by atoms with Crippen molar-refractivity contribution < 1.29 is 14.4 Å². The Bertz CT molecular complexity index is 919. The van der Waals surface area contributed by atoms with Crippen molar-refractivity contribution in [1.29, 1.82) is 0 Å². The molecule has 0 spiro atoms. The highest BCUT2D eigenvalue weighted by molar-refractivity contribution is 6.38. The summed E-state index contributed by atoms with van der Waals surface area (Å²) in [5.74, 6) is 0. The van der Waals surface area contributed by atoms with Crippen LogP contribution in [0.15, 0.2) is 35.0 Å². The first-order valence-corrected chi connectivity index (χ1v) is 8.99. The van der Waals surface area contributed by atoms with Crippen LogP contribution in [0.4, 0.5) is 5.69 Å². The fraction of sp³-hybridized carbons (Fsp3) is 0.368. The van der Waals surface area contributed by atoms with Gasteiger partial charge in [-0.15, -0.1) is 0 Å². The lowest BCUT2D eigenvalue weighted by Gasteiger charge is -2.38. The lowest BCUT2D eigenvalue weighted by molar-refractivity contribution is -0.00531. The number of hydrogen-bond donors (Lipinski definition) is 1. The highest BCUT2D eigenvalue weighted by Crippen LogP contribution is 2.41. The molecule has 136 valence electrons. The molecular weight excluding hydrogens is 354 g/mol. The Morgan fingerprint density at radius 2 is 2.04 bits per heavy atom. The third-order valence-electron chi connectivity index (χ3n) is 4.57. The summed E-state index contributed by atoms with van der Waals surface area (Å²) < 4.78 is 11.4. The van der Waals surface area contributed by atoms with E-state index in [-0.39, 0.29) is 18.8 Å². The van der Waals surface area contributed by atoms with Crippen LogP contribution in [0.3, 0.4) is 0 Å². The van der Waals surface area contributed by atoms with Gasteiger partial charge in [0.05, 0.1) is 35.6 Å². The molecule has 7 heteroatoms. The van der Waals surface area contributed by atoms with Crippen LogP contribution in [0, 0.1) is 0 Å². The zero-order chi connectivity index (χ0) is 18.3. The quantitative estimate of drug-likeness (QED) is 0.755. The van der Waals surface area contributed by atoms with Crippen LogP contribution in [-0.2, 0) is 11.3 Å². The van der Waals surface area contributed by atoms with Gasteiger partial charge in [-0.1, -0.05) is 22.8 Å². The number of fused-ring (bicyclic) bond motifs is 1. The first-order chi connectivity index (χ1) is 12.6. The minimum atomic E-state index is -0.127. The summed E-state index contributed by atoms with van der Waals surface area (Å²) in [6.07, 6.45) is 1.86. The van der Waals surface area contributed by atoms with E-state index in [2.05, 4.69) is 15.0 Å². The number of ether oxygens (including phenoxy) is 1. The van der Waals surface area contributed by atoms with E-state index in [0.29, 0.717) is 35.1 Å². The van der Waals surface area contributed by atoms with Crippen molar-refractivity contribution in [2.45, 2.75) is 32.7 Å². The van der Waals surface area contributed by atoms with E-state index in [1.165, 1.54) is 0 Å². The van der Waals surface area contributed by atoms with Crippen molar-refractivity contribution in [2.24, 2.45) is 0 Å². The smallest absolute Gasteiger partial charge is 0.188 e. The van der Waals surface area contributed by atoms with Gasteiger partial charge in [0.25, 0.3) is 0 Å². The Morgan fingerprint density at radius 3 is 2.69 bits per heavy atom. The average molecular weight is 374 g/mol. The molecule has 2 atom stereocenters. The van der Waals surface area contributed by atoms with Gasteiger partial charge >= 0.3 is 0 Å². The number of aliphatic hydroxyl groups excluding tert-OH is 1. The molecule has 1 saturated heterocycles. The summed E-state index contributed by atoms with van der Waals surface area (Å²) in [7, 11) is 0. The highest BCUT2D eigenvalue weighted by Gasteiger charge is 2.28. The van der Waals surface area contributed by atoms with Gasteiger partial charge in [-0.25, -0.2) is 0 Å². The number of rotatable bonds is 3. The molecule has 2 aromatic heterocycles. The van der Waals surface area contributed by atoms with Gasteiger partial charge in [0.1, 0.15) is 10.7 Å². The highest BCUT2D eigenvalue weighted by atomic mass is 35.5. The fourth-order valence-corrected chi connectivity index (χ4v) is 3.97. The van der Waals surface area contributed by atoms with Crippen molar-refractivity contribution in [3.63, 3.8) is 0 Å². The number of morpholine rings is 1. The molecule has 1 aromatic carbocycles. The van der Waals surface area contributed by atoms with Gasteiger partial charge in [-0.3, -0.25) is 4.98 Å². The fourth-order valence-electron chi connectivity index (χ4n) is 3.59. The molecule has 1 N–H and O–H groups in total. The lowest BCUT2D eigenvalue weighted by atomic mass is 10.0. The van der Waals surface area contributed by atoms with Gasteiger partial charge in [-0.05, 0) is 32.0 Å². The molecule has 0 bridgehead atoms. The zero-order valence-corrected chi connectivity index (χ0v) is 15.4. The van der Waals surface area contributed by atoms with Gasteiger partial charge in [0.2, 0.25) is 0 Å². The molecule has 0 radical (unpaired) electrons. The Hall–Kier alpha value is -2.15.